The number of benzene rings is 2. The Kier molecular flexibility index (Phi) is 5.99. The fourth-order valence-electron chi connectivity index (χ4n) is 3.83. The van der Waals surface area contributed by atoms with Crippen molar-refractivity contribution in [3.8, 4) is 0 Å². The second-order valence-electron chi connectivity index (χ2n) is 7.58. The molecule has 30 heavy (non-hydrogen) atoms. The summed E-state index contributed by atoms with van der Waals surface area (Å²) in [4.78, 5) is 13.0. The highest BCUT2D eigenvalue weighted by molar-refractivity contribution is 9.10. The molecule has 2 aromatic carbocycles. The zero-order chi connectivity index (χ0) is 21.3. The molecule has 1 N–H and O–H groups in total. The van der Waals surface area contributed by atoms with E-state index < -0.39 is 16.1 Å². The topological polar surface area (TPSA) is 71.4 Å². The SMILES string of the molecule is CC(C(=O)NCc1cccc(Br)c1)n1ccc2cc(S(=O)(=O)N3CCCC3)ccc21. The van der Waals surface area contributed by atoms with Gasteiger partial charge >= 0.3 is 0 Å². The summed E-state index contributed by atoms with van der Waals surface area (Å²) >= 11 is 3.44. The van der Waals surface area contributed by atoms with Crippen LogP contribution in [0.2, 0.25) is 0 Å². The summed E-state index contributed by atoms with van der Waals surface area (Å²) in [7, 11) is -3.46. The summed E-state index contributed by atoms with van der Waals surface area (Å²) in [5.41, 5.74) is 1.85. The number of aromatic nitrogens is 1. The van der Waals surface area contributed by atoms with Gasteiger partial charge in [0, 0.05) is 41.2 Å². The van der Waals surface area contributed by atoms with Crippen LogP contribution in [0.1, 0.15) is 31.4 Å². The molecule has 1 fully saturated rings. The monoisotopic (exact) mass is 489 g/mol. The van der Waals surface area contributed by atoms with Crippen molar-refractivity contribution in [2.45, 2.75) is 37.2 Å². The number of amides is 1. The zero-order valence-electron chi connectivity index (χ0n) is 16.7. The quantitative estimate of drug-likeness (QED) is 0.567. The Morgan fingerprint density at radius 2 is 1.90 bits per heavy atom. The van der Waals surface area contributed by atoms with Gasteiger partial charge in [0.1, 0.15) is 6.04 Å². The summed E-state index contributed by atoms with van der Waals surface area (Å²) in [5, 5.41) is 3.78. The first-order chi connectivity index (χ1) is 14.4. The van der Waals surface area contributed by atoms with Crippen LogP contribution in [0, 0.1) is 0 Å². The zero-order valence-corrected chi connectivity index (χ0v) is 19.1. The van der Waals surface area contributed by atoms with E-state index in [-0.39, 0.29) is 5.91 Å². The van der Waals surface area contributed by atoms with E-state index in [2.05, 4.69) is 21.2 Å². The third-order valence-corrected chi connectivity index (χ3v) is 7.94. The second kappa shape index (κ2) is 8.53. The van der Waals surface area contributed by atoms with Crippen LogP contribution in [0.4, 0.5) is 0 Å². The van der Waals surface area contributed by atoms with Gasteiger partial charge in [0.05, 0.1) is 4.90 Å². The maximum Gasteiger partial charge on any atom is 0.243 e. The van der Waals surface area contributed by atoms with E-state index in [9.17, 15) is 13.2 Å². The van der Waals surface area contributed by atoms with Crippen LogP contribution in [0.25, 0.3) is 10.9 Å². The van der Waals surface area contributed by atoms with Crippen LogP contribution >= 0.6 is 15.9 Å². The van der Waals surface area contributed by atoms with Gasteiger partial charge in [0.2, 0.25) is 15.9 Å². The predicted molar refractivity (Wildman–Crippen MR) is 121 cm³/mol. The van der Waals surface area contributed by atoms with Gasteiger partial charge in [-0.1, -0.05) is 28.1 Å². The molecule has 0 bridgehead atoms. The normalized spacial score (nSPS) is 16.1. The number of carbonyl (C=O) groups excluding carboxylic acids is 1. The summed E-state index contributed by atoms with van der Waals surface area (Å²) in [5.74, 6) is -0.0961. The number of nitrogens with zero attached hydrogens (tertiary/aromatic N) is 2. The Bertz CT molecular complexity index is 1180. The molecule has 3 aromatic rings. The summed E-state index contributed by atoms with van der Waals surface area (Å²) in [6.45, 7) is 3.44. The number of hydrogen-bond donors (Lipinski definition) is 1. The molecule has 1 aromatic heterocycles. The standard InChI is InChI=1S/C22H24BrN3O3S/c1-16(22(27)24-15-17-5-4-6-19(23)13-17)26-12-9-18-14-20(7-8-21(18)26)30(28,29)25-10-2-3-11-25/h4-9,12-14,16H,2-3,10-11,15H2,1H3,(H,24,27). The van der Waals surface area contributed by atoms with Crippen molar-refractivity contribution >= 4 is 42.8 Å². The van der Waals surface area contributed by atoms with Gasteiger partial charge in [0.25, 0.3) is 0 Å². The Balaban J connectivity index is 1.52. The molecule has 1 unspecified atom stereocenters. The largest absolute Gasteiger partial charge is 0.350 e. The molecule has 1 saturated heterocycles. The number of hydrogen-bond acceptors (Lipinski definition) is 3. The molecule has 8 heteroatoms. The van der Waals surface area contributed by atoms with Gasteiger partial charge < -0.3 is 9.88 Å². The highest BCUT2D eigenvalue weighted by Crippen LogP contribution is 2.27. The summed E-state index contributed by atoms with van der Waals surface area (Å²) in [6.07, 6.45) is 3.65. The first kappa shape index (κ1) is 21.1. The van der Waals surface area contributed by atoms with E-state index in [1.54, 1.807) is 22.5 Å². The van der Waals surface area contributed by atoms with Crippen molar-refractivity contribution in [1.29, 1.82) is 0 Å². The van der Waals surface area contributed by atoms with Crippen molar-refractivity contribution in [1.82, 2.24) is 14.2 Å². The minimum Gasteiger partial charge on any atom is -0.350 e. The van der Waals surface area contributed by atoms with Crippen LogP contribution < -0.4 is 5.32 Å². The van der Waals surface area contributed by atoms with Gasteiger partial charge in [-0.2, -0.15) is 4.31 Å². The van der Waals surface area contributed by atoms with E-state index in [1.165, 1.54) is 0 Å². The van der Waals surface area contributed by atoms with Crippen molar-refractivity contribution in [3.63, 3.8) is 0 Å². The molecular formula is C22H24BrN3O3S. The fourth-order valence-corrected chi connectivity index (χ4v) is 5.83. The molecule has 6 nitrogen and oxygen atoms in total. The maximum atomic E-state index is 12.8. The van der Waals surface area contributed by atoms with Crippen LogP contribution in [-0.2, 0) is 21.4 Å². The van der Waals surface area contributed by atoms with E-state index in [4.69, 9.17) is 0 Å². The van der Waals surface area contributed by atoms with Crippen LogP contribution in [0.3, 0.4) is 0 Å². The Labute approximate surface area is 185 Å². The maximum absolute atomic E-state index is 12.8. The van der Waals surface area contributed by atoms with Crippen molar-refractivity contribution < 1.29 is 13.2 Å². The van der Waals surface area contributed by atoms with E-state index >= 15 is 0 Å². The van der Waals surface area contributed by atoms with Crippen LogP contribution in [0.5, 0.6) is 0 Å². The molecule has 1 amide bonds. The molecule has 0 saturated carbocycles. The van der Waals surface area contributed by atoms with Crippen LogP contribution in [0.15, 0.2) is 64.1 Å². The molecule has 1 aliphatic heterocycles. The van der Waals surface area contributed by atoms with Crippen molar-refractivity contribution in [3.05, 3.63) is 64.8 Å². The van der Waals surface area contributed by atoms with Crippen LogP contribution in [-0.4, -0.2) is 36.3 Å². The molecule has 0 spiro atoms. The number of rotatable bonds is 6. The molecule has 0 radical (unpaired) electrons. The predicted octanol–water partition coefficient (Wildman–Crippen LogP) is 4.07. The van der Waals surface area contributed by atoms with E-state index in [1.807, 2.05) is 48.0 Å². The van der Waals surface area contributed by atoms with E-state index in [0.29, 0.717) is 24.5 Å². The average Bonchev–Trinajstić information content (AvgIpc) is 3.41. The average molecular weight is 490 g/mol. The Morgan fingerprint density at radius 3 is 2.63 bits per heavy atom. The Morgan fingerprint density at radius 1 is 1.13 bits per heavy atom. The molecule has 4 rings (SSSR count). The fraction of sp³-hybridized carbons (Fsp3) is 0.318. The van der Waals surface area contributed by atoms with Gasteiger partial charge in [0.15, 0.2) is 0 Å². The van der Waals surface area contributed by atoms with Crippen molar-refractivity contribution in [2.75, 3.05) is 13.1 Å². The minimum atomic E-state index is -3.46. The lowest BCUT2D eigenvalue weighted by atomic mass is 10.2. The summed E-state index contributed by atoms with van der Waals surface area (Å²) < 4.78 is 30.0. The highest BCUT2D eigenvalue weighted by atomic mass is 79.9. The first-order valence-electron chi connectivity index (χ1n) is 9.99. The van der Waals surface area contributed by atoms with Gasteiger partial charge in [-0.05, 0) is 61.7 Å². The number of nitrogens with one attached hydrogen (secondary N) is 1. The number of carbonyl (C=O) groups is 1. The molecule has 1 aliphatic rings. The number of halogens is 1. The summed E-state index contributed by atoms with van der Waals surface area (Å²) in [6, 6.07) is 14.4. The number of fused-ring (bicyclic) bond motifs is 1. The first-order valence-corrected chi connectivity index (χ1v) is 12.2. The van der Waals surface area contributed by atoms with Gasteiger partial charge in [-0.15, -0.1) is 0 Å². The minimum absolute atomic E-state index is 0.0961. The molecular weight excluding hydrogens is 466 g/mol. The lowest BCUT2D eigenvalue weighted by Crippen LogP contribution is -2.30. The smallest absolute Gasteiger partial charge is 0.243 e. The molecule has 0 aliphatic carbocycles. The third-order valence-electron chi connectivity index (χ3n) is 5.55. The molecule has 158 valence electrons. The lowest BCUT2D eigenvalue weighted by molar-refractivity contribution is -0.123. The third kappa shape index (κ3) is 4.17. The molecule has 2 heterocycles. The second-order valence-corrected chi connectivity index (χ2v) is 10.4. The lowest BCUT2D eigenvalue weighted by Gasteiger charge is -2.17. The number of sulfonamides is 1. The Hall–Kier alpha value is -2.16. The molecule has 1 atom stereocenters. The van der Waals surface area contributed by atoms with Gasteiger partial charge in [-0.3, -0.25) is 4.79 Å². The van der Waals surface area contributed by atoms with Gasteiger partial charge in [-0.25, -0.2) is 8.42 Å². The van der Waals surface area contributed by atoms with E-state index in [0.717, 1.165) is 33.8 Å². The highest BCUT2D eigenvalue weighted by Gasteiger charge is 2.27. The van der Waals surface area contributed by atoms with Crippen molar-refractivity contribution in [2.24, 2.45) is 0 Å².